The van der Waals surface area contributed by atoms with Gasteiger partial charge in [-0.15, -0.1) is 10.2 Å². The first kappa shape index (κ1) is 24.9. The van der Waals surface area contributed by atoms with Gasteiger partial charge in [-0.3, -0.25) is 19.7 Å². The minimum atomic E-state index is -0.506. The van der Waals surface area contributed by atoms with Crippen LogP contribution in [0.2, 0.25) is 0 Å². The second kappa shape index (κ2) is 10.9. The molecule has 0 aliphatic heterocycles. The van der Waals surface area contributed by atoms with Crippen molar-refractivity contribution < 1.29 is 14.5 Å². The molecule has 2 aromatic carbocycles. The minimum Gasteiger partial charge on any atom is -0.342 e. The van der Waals surface area contributed by atoms with E-state index in [1.54, 1.807) is 19.1 Å². The van der Waals surface area contributed by atoms with Gasteiger partial charge in [0.05, 0.1) is 22.4 Å². The molecule has 178 valence electrons. The van der Waals surface area contributed by atoms with Crippen LogP contribution in [0.25, 0.3) is 0 Å². The van der Waals surface area contributed by atoms with Gasteiger partial charge in [0.1, 0.15) is 0 Å². The fourth-order valence-corrected chi connectivity index (χ4v) is 4.14. The molecule has 34 heavy (non-hydrogen) atoms. The summed E-state index contributed by atoms with van der Waals surface area (Å²) in [4.78, 5) is 35.6. The van der Waals surface area contributed by atoms with E-state index in [9.17, 15) is 19.7 Å². The number of nitro groups is 1. The van der Waals surface area contributed by atoms with Gasteiger partial charge in [-0.25, -0.2) is 0 Å². The fourth-order valence-electron chi connectivity index (χ4n) is 3.33. The lowest BCUT2D eigenvalue weighted by atomic mass is 10.1. The number of aromatic nitrogens is 3. The van der Waals surface area contributed by atoms with Gasteiger partial charge in [0.25, 0.3) is 11.6 Å². The third-order valence-electron chi connectivity index (χ3n) is 5.12. The Morgan fingerprint density at radius 1 is 1.18 bits per heavy atom. The standard InChI is InChI=1S/C23H26N6O4S/c1-5-28-21(16(4)24-22(31)17-8-6-7-14(2)11-17)26-27-23(28)34-13-20(30)25-19-12-18(29(32)33)10-9-15(19)3/h6-12,16H,5,13H2,1-4H3,(H,24,31)(H,25,30)/t16-/m0/s1. The number of benzene rings is 2. The maximum atomic E-state index is 12.6. The molecule has 0 fully saturated rings. The SMILES string of the molecule is CCn1c(SCC(=O)Nc2cc([N+](=O)[O-])ccc2C)nnc1[C@H](C)NC(=O)c1cccc(C)c1. The number of hydrogen-bond donors (Lipinski definition) is 2. The Bertz CT molecular complexity index is 1230. The van der Waals surface area contributed by atoms with Crippen molar-refractivity contribution in [1.82, 2.24) is 20.1 Å². The van der Waals surface area contributed by atoms with Crippen molar-refractivity contribution in [3.63, 3.8) is 0 Å². The molecule has 1 heterocycles. The average molecular weight is 483 g/mol. The number of thioether (sulfide) groups is 1. The number of nitro benzene ring substituents is 1. The van der Waals surface area contributed by atoms with Crippen molar-refractivity contribution in [3.05, 3.63) is 75.1 Å². The van der Waals surface area contributed by atoms with E-state index >= 15 is 0 Å². The van der Waals surface area contributed by atoms with E-state index in [2.05, 4.69) is 20.8 Å². The van der Waals surface area contributed by atoms with E-state index < -0.39 is 11.0 Å². The van der Waals surface area contributed by atoms with Crippen molar-refractivity contribution in [2.45, 2.75) is 45.4 Å². The molecule has 10 nitrogen and oxygen atoms in total. The highest BCUT2D eigenvalue weighted by molar-refractivity contribution is 7.99. The van der Waals surface area contributed by atoms with Gasteiger partial charge in [0.15, 0.2) is 11.0 Å². The monoisotopic (exact) mass is 482 g/mol. The molecule has 1 aromatic heterocycles. The van der Waals surface area contributed by atoms with Gasteiger partial charge in [0.2, 0.25) is 5.91 Å². The molecule has 3 rings (SSSR count). The van der Waals surface area contributed by atoms with Crippen molar-refractivity contribution in [2.75, 3.05) is 11.1 Å². The lowest BCUT2D eigenvalue weighted by Gasteiger charge is -2.15. The van der Waals surface area contributed by atoms with E-state index in [1.807, 2.05) is 43.5 Å². The Hall–Kier alpha value is -3.73. The molecule has 0 bridgehead atoms. The number of non-ortho nitro benzene ring substituents is 1. The topological polar surface area (TPSA) is 132 Å². The van der Waals surface area contributed by atoms with Gasteiger partial charge < -0.3 is 15.2 Å². The number of amides is 2. The van der Waals surface area contributed by atoms with Crippen molar-refractivity contribution in [3.8, 4) is 0 Å². The molecule has 3 aromatic rings. The number of aryl methyl sites for hydroxylation is 2. The summed E-state index contributed by atoms with van der Waals surface area (Å²) < 4.78 is 1.84. The summed E-state index contributed by atoms with van der Waals surface area (Å²) in [5.74, 6) is 0.106. The highest BCUT2D eigenvalue weighted by Crippen LogP contribution is 2.24. The Kier molecular flexibility index (Phi) is 8.00. The highest BCUT2D eigenvalue weighted by atomic mass is 32.2. The molecule has 0 aliphatic carbocycles. The first-order chi connectivity index (χ1) is 16.2. The first-order valence-electron chi connectivity index (χ1n) is 10.7. The van der Waals surface area contributed by atoms with Gasteiger partial charge >= 0.3 is 0 Å². The average Bonchev–Trinajstić information content (AvgIpc) is 3.22. The molecule has 0 saturated heterocycles. The Balaban J connectivity index is 1.65. The van der Waals surface area contributed by atoms with E-state index in [0.29, 0.717) is 28.8 Å². The van der Waals surface area contributed by atoms with Gasteiger partial charge in [-0.05, 0) is 45.4 Å². The molecule has 2 N–H and O–H groups in total. The van der Waals surface area contributed by atoms with Gasteiger partial charge in [0, 0.05) is 24.2 Å². The molecule has 0 spiro atoms. The zero-order valence-electron chi connectivity index (χ0n) is 19.4. The molecule has 11 heteroatoms. The summed E-state index contributed by atoms with van der Waals surface area (Å²) in [6.07, 6.45) is 0. The van der Waals surface area contributed by atoms with Crippen molar-refractivity contribution in [2.24, 2.45) is 0 Å². The number of carbonyl (C=O) groups is 2. The summed E-state index contributed by atoms with van der Waals surface area (Å²) in [5, 5.41) is 25.6. The maximum absolute atomic E-state index is 12.6. The lowest BCUT2D eigenvalue weighted by Crippen LogP contribution is -2.28. The van der Waals surface area contributed by atoms with Crippen LogP contribution in [0.4, 0.5) is 11.4 Å². The summed E-state index contributed by atoms with van der Waals surface area (Å²) in [6, 6.07) is 11.3. The molecule has 0 unspecified atom stereocenters. The molecule has 2 amide bonds. The van der Waals surface area contributed by atoms with E-state index in [-0.39, 0.29) is 23.3 Å². The normalized spacial score (nSPS) is 11.6. The Morgan fingerprint density at radius 3 is 2.62 bits per heavy atom. The van der Waals surface area contributed by atoms with Crippen LogP contribution in [0.1, 0.15) is 47.2 Å². The molecular weight excluding hydrogens is 456 g/mol. The minimum absolute atomic E-state index is 0.0459. The van der Waals surface area contributed by atoms with Crippen molar-refractivity contribution >= 4 is 35.0 Å². The van der Waals surface area contributed by atoms with E-state index in [4.69, 9.17) is 0 Å². The Labute approximate surface area is 201 Å². The second-order valence-electron chi connectivity index (χ2n) is 7.74. The molecular formula is C23H26N6O4S. The van der Waals surface area contributed by atoms with Crippen molar-refractivity contribution in [1.29, 1.82) is 0 Å². The summed E-state index contributed by atoms with van der Waals surface area (Å²) in [6.45, 7) is 8.00. The predicted octanol–water partition coefficient (Wildman–Crippen LogP) is 4.04. The van der Waals surface area contributed by atoms with E-state index in [0.717, 1.165) is 11.1 Å². The third-order valence-corrected chi connectivity index (χ3v) is 6.08. The zero-order chi connectivity index (χ0) is 24.8. The zero-order valence-corrected chi connectivity index (χ0v) is 20.2. The van der Waals surface area contributed by atoms with Crippen LogP contribution in [0, 0.1) is 24.0 Å². The maximum Gasteiger partial charge on any atom is 0.271 e. The highest BCUT2D eigenvalue weighted by Gasteiger charge is 2.20. The number of nitrogens with one attached hydrogen (secondary N) is 2. The van der Waals surface area contributed by atoms with Crippen LogP contribution in [0.15, 0.2) is 47.6 Å². The third kappa shape index (κ3) is 5.98. The summed E-state index contributed by atoms with van der Waals surface area (Å²) in [7, 11) is 0. The van der Waals surface area contributed by atoms with Crippen LogP contribution in [-0.4, -0.2) is 37.3 Å². The smallest absolute Gasteiger partial charge is 0.271 e. The second-order valence-corrected chi connectivity index (χ2v) is 8.69. The van der Waals surface area contributed by atoms with Crippen LogP contribution in [-0.2, 0) is 11.3 Å². The first-order valence-corrected chi connectivity index (χ1v) is 11.7. The number of hydrogen-bond acceptors (Lipinski definition) is 7. The molecule has 0 aliphatic rings. The van der Waals surface area contributed by atoms with Crippen LogP contribution in [0.5, 0.6) is 0 Å². The number of rotatable bonds is 9. The summed E-state index contributed by atoms with van der Waals surface area (Å²) >= 11 is 1.20. The predicted molar refractivity (Wildman–Crippen MR) is 130 cm³/mol. The van der Waals surface area contributed by atoms with Gasteiger partial charge in [-0.1, -0.05) is 35.5 Å². The van der Waals surface area contributed by atoms with E-state index in [1.165, 1.54) is 23.9 Å². The molecule has 1 atom stereocenters. The summed E-state index contributed by atoms with van der Waals surface area (Å²) in [5.41, 5.74) is 2.59. The fraction of sp³-hybridized carbons (Fsp3) is 0.304. The molecule has 0 saturated carbocycles. The number of nitrogens with zero attached hydrogens (tertiary/aromatic N) is 4. The Morgan fingerprint density at radius 2 is 1.94 bits per heavy atom. The lowest BCUT2D eigenvalue weighted by molar-refractivity contribution is -0.384. The van der Waals surface area contributed by atoms with Crippen LogP contribution < -0.4 is 10.6 Å². The van der Waals surface area contributed by atoms with Gasteiger partial charge in [-0.2, -0.15) is 0 Å². The largest absolute Gasteiger partial charge is 0.342 e. The van der Waals surface area contributed by atoms with Crippen LogP contribution in [0.3, 0.4) is 0 Å². The quantitative estimate of drug-likeness (QED) is 0.267. The number of anilines is 1. The van der Waals surface area contributed by atoms with Crippen LogP contribution >= 0.6 is 11.8 Å². The molecule has 0 radical (unpaired) electrons. The number of carbonyl (C=O) groups excluding carboxylic acids is 2.